The highest BCUT2D eigenvalue weighted by Crippen LogP contribution is 2.13. The van der Waals surface area contributed by atoms with Crippen molar-refractivity contribution < 1.29 is 19.1 Å². The van der Waals surface area contributed by atoms with Crippen molar-refractivity contribution in [2.75, 3.05) is 7.11 Å². The molecule has 0 atom stereocenters. The minimum absolute atomic E-state index is 0.200. The van der Waals surface area contributed by atoms with Gasteiger partial charge in [0.1, 0.15) is 5.75 Å². The van der Waals surface area contributed by atoms with Crippen molar-refractivity contribution in [3.63, 3.8) is 0 Å². The fourth-order valence-electron chi connectivity index (χ4n) is 1.29. The molecule has 1 aromatic carbocycles. The van der Waals surface area contributed by atoms with E-state index in [-0.39, 0.29) is 11.9 Å². The van der Waals surface area contributed by atoms with Gasteiger partial charge in [0.25, 0.3) is 0 Å². The van der Waals surface area contributed by atoms with Crippen LogP contribution in [-0.4, -0.2) is 25.0 Å². The number of hydrogen-bond donors (Lipinski definition) is 0. The Kier molecular flexibility index (Phi) is 5.11. The molecule has 18 heavy (non-hydrogen) atoms. The van der Waals surface area contributed by atoms with E-state index in [9.17, 15) is 9.59 Å². The van der Waals surface area contributed by atoms with Crippen LogP contribution in [0.5, 0.6) is 5.75 Å². The summed E-state index contributed by atoms with van der Waals surface area (Å²) in [5.74, 6) is -0.199. The molecule has 0 aliphatic rings. The minimum atomic E-state index is -0.527. The standard InChI is InChI=1S/C14H16O4/c1-10(2)18-14(16)8-7-13(15)11-5-4-6-12(9-11)17-3/h4-10H,1-3H3/b8-7+. The van der Waals surface area contributed by atoms with E-state index < -0.39 is 5.97 Å². The molecule has 0 aliphatic heterocycles. The van der Waals surface area contributed by atoms with E-state index in [0.717, 1.165) is 6.08 Å². The molecule has 0 saturated heterocycles. The van der Waals surface area contributed by atoms with Gasteiger partial charge in [0.15, 0.2) is 5.78 Å². The summed E-state index contributed by atoms with van der Waals surface area (Å²) in [6, 6.07) is 6.73. The molecule has 0 fully saturated rings. The third kappa shape index (κ3) is 4.41. The summed E-state index contributed by atoms with van der Waals surface area (Å²) in [5.41, 5.74) is 0.461. The van der Waals surface area contributed by atoms with Crippen LogP contribution in [0.4, 0.5) is 0 Å². The van der Waals surface area contributed by atoms with Crippen LogP contribution in [0.1, 0.15) is 24.2 Å². The number of hydrogen-bond acceptors (Lipinski definition) is 4. The Labute approximate surface area is 106 Å². The molecule has 0 unspecified atom stereocenters. The lowest BCUT2D eigenvalue weighted by Gasteiger charge is -2.04. The maximum absolute atomic E-state index is 11.8. The van der Waals surface area contributed by atoms with Gasteiger partial charge in [-0.2, -0.15) is 0 Å². The monoisotopic (exact) mass is 248 g/mol. The van der Waals surface area contributed by atoms with Gasteiger partial charge in [-0.25, -0.2) is 4.79 Å². The summed E-state index contributed by atoms with van der Waals surface area (Å²) in [7, 11) is 1.53. The maximum atomic E-state index is 11.8. The van der Waals surface area contributed by atoms with E-state index in [4.69, 9.17) is 9.47 Å². The zero-order valence-corrected chi connectivity index (χ0v) is 10.7. The summed E-state index contributed by atoms with van der Waals surface area (Å²) in [6.07, 6.45) is 2.12. The Morgan fingerprint density at radius 2 is 1.94 bits per heavy atom. The second kappa shape index (κ2) is 6.59. The van der Waals surface area contributed by atoms with Gasteiger partial charge in [0.05, 0.1) is 13.2 Å². The van der Waals surface area contributed by atoms with Crippen molar-refractivity contribution in [1.82, 2.24) is 0 Å². The van der Waals surface area contributed by atoms with Crippen LogP contribution in [0.25, 0.3) is 0 Å². The van der Waals surface area contributed by atoms with E-state index in [2.05, 4.69) is 0 Å². The molecule has 0 amide bonds. The third-order valence-corrected chi connectivity index (χ3v) is 2.08. The molecular formula is C14H16O4. The van der Waals surface area contributed by atoms with Gasteiger partial charge in [-0.05, 0) is 32.1 Å². The molecular weight excluding hydrogens is 232 g/mol. The van der Waals surface area contributed by atoms with Gasteiger partial charge >= 0.3 is 5.97 Å². The predicted molar refractivity (Wildman–Crippen MR) is 67.7 cm³/mol. The predicted octanol–water partition coefficient (Wildman–Crippen LogP) is 2.39. The highest BCUT2D eigenvalue weighted by molar-refractivity contribution is 6.07. The Morgan fingerprint density at radius 1 is 1.22 bits per heavy atom. The van der Waals surface area contributed by atoms with Crippen LogP contribution >= 0.6 is 0 Å². The summed E-state index contributed by atoms with van der Waals surface area (Å²) >= 11 is 0. The molecule has 0 bridgehead atoms. The highest BCUT2D eigenvalue weighted by Gasteiger charge is 2.05. The molecule has 0 radical (unpaired) electrons. The zero-order valence-electron chi connectivity index (χ0n) is 10.7. The second-order valence-corrected chi connectivity index (χ2v) is 3.92. The average Bonchev–Trinajstić information content (AvgIpc) is 2.35. The number of benzene rings is 1. The number of ether oxygens (including phenoxy) is 2. The van der Waals surface area contributed by atoms with E-state index in [0.29, 0.717) is 11.3 Å². The van der Waals surface area contributed by atoms with Crippen molar-refractivity contribution in [2.24, 2.45) is 0 Å². The topological polar surface area (TPSA) is 52.6 Å². The quantitative estimate of drug-likeness (QED) is 0.456. The lowest BCUT2D eigenvalue weighted by molar-refractivity contribution is -0.141. The normalized spacial score (nSPS) is 10.7. The van der Waals surface area contributed by atoms with Crippen molar-refractivity contribution in [3.05, 3.63) is 42.0 Å². The molecule has 1 aromatic rings. The lowest BCUT2D eigenvalue weighted by atomic mass is 10.1. The molecule has 0 spiro atoms. The molecule has 1 rings (SSSR count). The van der Waals surface area contributed by atoms with E-state index in [1.165, 1.54) is 13.2 Å². The Balaban J connectivity index is 2.70. The average molecular weight is 248 g/mol. The molecule has 0 N–H and O–H groups in total. The van der Waals surface area contributed by atoms with Crippen LogP contribution in [-0.2, 0) is 9.53 Å². The molecule has 0 aromatic heterocycles. The zero-order chi connectivity index (χ0) is 13.5. The Morgan fingerprint density at radius 3 is 2.56 bits per heavy atom. The van der Waals surface area contributed by atoms with Crippen LogP contribution in [0, 0.1) is 0 Å². The fourth-order valence-corrected chi connectivity index (χ4v) is 1.29. The van der Waals surface area contributed by atoms with E-state index >= 15 is 0 Å². The maximum Gasteiger partial charge on any atom is 0.331 e. The highest BCUT2D eigenvalue weighted by atomic mass is 16.5. The summed E-state index contributed by atoms with van der Waals surface area (Å²) in [4.78, 5) is 23.0. The first kappa shape index (κ1) is 14.0. The first-order chi connectivity index (χ1) is 8.52. The first-order valence-electron chi connectivity index (χ1n) is 5.60. The molecule has 0 heterocycles. The number of methoxy groups -OCH3 is 1. The van der Waals surface area contributed by atoms with Gasteiger partial charge in [0, 0.05) is 11.6 Å². The number of allylic oxidation sites excluding steroid dienone is 1. The fraction of sp³-hybridized carbons (Fsp3) is 0.286. The molecule has 0 saturated carbocycles. The van der Waals surface area contributed by atoms with Crippen LogP contribution in [0.2, 0.25) is 0 Å². The van der Waals surface area contributed by atoms with Crippen LogP contribution in [0.15, 0.2) is 36.4 Å². The molecule has 96 valence electrons. The number of rotatable bonds is 5. The van der Waals surface area contributed by atoms with Crippen molar-refractivity contribution >= 4 is 11.8 Å². The van der Waals surface area contributed by atoms with Crippen molar-refractivity contribution in [2.45, 2.75) is 20.0 Å². The van der Waals surface area contributed by atoms with Gasteiger partial charge in [-0.15, -0.1) is 0 Å². The number of carbonyl (C=O) groups is 2. The smallest absolute Gasteiger partial charge is 0.331 e. The lowest BCUT2D eigenvalue weighted by Crippen LogP contribution is -2.09. The number of ketones is 1. The van der Waals surface area contributed by atoms with Gasteiger partial charge in [0.2, 0.25) is 0 Å². The van der Waals surface area contributed by atoms with Crippen LogP contribution in [0.3, 0.4) is 0 Å². The summed E-state index contributed by atoms with van der Waals surface area (Å²) in [5, 5.41) is 0. The Hall–Kier alpha value is -2.10. The van der Waals surface area contributed by atoms with Crippen LogP contribution < -0.4 is 4.74 Å². The summed E-state index contributed by atoms with van der Waals surface area (Å²) < 4.78 is 9.89. The number of esters is 1. The molecule has 4 nitrogen and oxygen atoms in total. The first-order valence-corrected chi connectivity index (χ1v) is 5.60. The molecule has 0 aliphatic carbocycles. The van der Waals surface area contributed by atoms with Gasteiger partial charge in [-0.3, -0.25) is 4.79 Å². The van der Waals surface area contributed by atoms with E-state index in [1.54, 1.807) is 38.1 Å². The second-order valence-electron chi connectivity index (χ2n) is 3.92. The van der Waals surface area contributed by atoms with Crippen molar-refractivity contribution in [3.8, 4) is 5.75 Å². The third-order valence-electron chi connectivity index (χ3n) is 2.08. The van der Waals surface area contributed by atoms with Crippen molar-refractivity contribution in [1.29, 1.82) is 0 Å². The number of carbonyl (C=O) groups excluding carboxylic acids is 2. The molecule has 4 heteroatoms. The van der Waals surface area contributed by atoms with Gasteiger partial charge in [-0.1, -0.05) is 12.1 Å². The Bertz CT molecular complexity index is 461. The largest absolute Gasteiger partial charge is 0.497 e. The van der Waals surface area contributed by atoms with Gasteiger partial charge < -0.3 is 9.47 Å². The minimum Gasteiger partial charge on any atom is -0.497 e. The van der Waals surface area contributed by atoms with E-state index in [1.807, 2.05) is 0 Å². The SMILES string of the molecule is COc1cccc(C(=O)/C=C/C(=O)OC(C)C)c1. The summed E-state index contributed by atoms with van der Waals surface area (Å²) in [6.45, 7) is 3.49.